The number of rotatable bonds is 10. The number of likely N-dealkylation sites (N-methyl/N-ethyl adjacent to an activating group) is 1. The van der Waals surface area contributed by atoms with Gasteiger partial charge in [0, 0.05) is 39.0 Å². The summed E-state index contributed by atoms with van der Waals surface area (Å²) in [6.07, 6.45) is 1.08. The lowest BCUT2D eigenvalue weighted by molar-refractivity contribution is 0.162. The van der Waals surface area contributed by atoms with Crippen molar-refractivity contribution in [2.75, 3.05) is 45.3 Å². The molecule has 0 bridgehead atoms. The second-order valence-corrected chi connectivity index (χ2v) is 6.21. The molecule has 0 N–H and O–H groups in total. The first-order chi connectivity index (χ1) is 11.7. The fourth-order valence-corrected chi connectivity index (χ4v) is 2.74. The summed E-state index contributed by atoms with van der Waals surface area (Å²) in [6.45, 7) is 7.01. The van der Waals surface area contributed by atoms with E-state index in [0.717, 1.165) is 39.2 Å². The largest absolute Gasteiger partial charge is 0.383 e. The van der Waals surface area contributed by atoms with Gasteiger partial charge in [-0.1, -0.05) is 42.5 Å². The molecule has 0 radical (unpaired) electrons. The molecular weight excluding hydrogens is 296 g/mol. The monoisotopic (exact) mass is 326 g/mol. The van der Waals surface area contributed by atoms with E-state index in [1.165, 1.54) is 16.8 Å². The van der Waals surface area contributed by atoms with Crippen molar-refractivity contribution in [1.29, 1.82) is 0 Å². The molecule has 2 rings (SSSR count). The van der Waals surface area contributed by atoms with Gasteiger partial charge in [0.05, 0.1) is 6.61 Å². The Balaban J connectivity index is 1.87. The molecular formula is C21H30N2O. The fraction of sp³-hybridized carbons (Fsp3) is 0.429. The third-order valence-electron chi connectivity index (χ3n) is 4.36. The van der Waals surface area contributed by atoms with Crippen LogP contribution in [0.15, 0.2) is 54.6 Å². The minimum atomic E-state index is 0.793. The Morgan fingerprint density at radius 3 is 2.17 bits per heavy atom. The Bertz CT molecular complexity index is 568. The molecule has 2 aromatic carbocycles. The van der Waals surface area contributed by atoms with E-state index in [2.05, 4.69) is 78.4 Å². The second-order valence-electron chi connectivity index (χ2n) is 6.21. The van der Waals surface area contributed by atoms with Crippen molar-refractivity contribution in [2.45, 2.75) is 19.9 Å². The van der Waals surface area contributed by atoms with Crippen LogP contribution in [0.2, 0.25) is 0 Å². The van der Waals surface area contributed by atoms with Gasteiger partial charge in [-0.15, -0.1) is 0 Å². The zero-order chi connectivity index (χ0) is 17.2. The third kappa shape index (κ3) is 5.99. The van der Waals surface area contributed by atoms with Crippen molar-refractivity contribution in [3.05, 3.63) is 65.7 Å². The molecule has 130 valence electrons. The molecule has 0 saturated carbocycles. The highest BCUT2D eigenvalue weighted by atomic mass is 16.5. The second kappa shape index (κ2) is 10.1. The van der Waals surface area contributed by atoms with E-state index in [9.17, 15) is 0 Å². The van der Waals surface area contributed by atoms with Crippen LogP contribution < -0.4 is 4.90 Å². The maximum Gasteiger partial charge on any atom is 0.0589 e. The first kappa shape index (κ1) is 18.5. The van der Waals surface area contributed by atoms with Gasteiger partial charge in [0.25, 0.3) is 0 Å². The van der Waals surface area contributed by atoms with Crippen molar-refractivity contribution < 1.29 is 4.74 Å². The van der Waals surface area contributed by atoms with Crippen LogP contribution in [0.5, 0.6) is 0 Å². The molecule has 0 aromatic heterocycles. The van der Waals surface area contributed by atoms with Gasteiger partial charge in [-0.25, -0.2) is 0 Å². The average Bonchev–Trinajstić information content (AvgIpc) is 2.64. The Morgan fingerprint density at radius 2 is 1.54 bits per heavy atom. The van der Waals surface area contributed by atoms with Crippen LogP contribution in [0.1, 0.15) is 18.1 Å². The summed E-state index contributed by atoms with van der Waals surface area (Å²) in [5.74, 6) is 0. The summed E-state index contributed by atoms with van der Waals surface area (Å²) in [6, 6.07) is 19.7. The van der Waals surface area contributed by atoms with Gasteiger partial charge in [-0.3, -0.25) is 0 Å². The van der Waals surface area contributed by atoms with Gasteiger partial charge in [0.2, 0.25) is 0 Å². The molecule has 0 saturated heterocycles. The summed E-state index contributed by atoms with van der Waals surface area (Å²) in [5.41, 5.74) is 4.03. The standard InChI is InChI=1S/C21H30N2O/c1-4-23(21-8-6-5-7-9-21)18-20-12-10-19(11-13-20)14-15-22(2)16-17-24-3/h5-13H,4,14-18H2,1-3H3. The zero-order valence-corrected chi connectivity index (χ0v) is 15.2. The van der Waals surface area contributed by atoms with Gasteiger partial charge in [0.15, 0.2) is 0 Å². The van der Waals surface area contributed by atoms with Gasteiger partial charge < -0.3 is 14.5 Å². The van der Waals surface area contributed by atoms with E-state index in [1.807, 2.05) is 0 Å². The normalized spacial score (nSPS) is 11.0. The van der Waals surface area contributed by atoms with E-state index >= 15 is 0 Å². The quantitative estimate of drug-likeness (QED) is 0.660. The molecule has 3 heteroatoms. The van der Waals surface area contributed by atoms with E-state index in [1.54, 1.807) is 7.11 Å². The molecule has 2 aromatic rings. The first-order valence-electron chi connectivity index (χ1n) is 8.78. The molecule has 3 nitrogen and oxygen atoms in total. The molecule has 24 heavy (non-hydrogen) atoms. The number of nitrogens with zero attached hydrogens (tertiary/aromatic N) is 2. The first-order valence-corrected chi connectivity index (χ1v) is 8.78. The number of benzene rings is 2. The summed E-state index contributed by atoms with van der Waals surface area (Å²) < 4.78 is 5.12. The number of ether oxygens (including phenoxy) is 1. The molecule has 0 unspecified atom stereocenters. The third-order valence-corrected chi connectivity index (χ3v) is 4.36. The van der Waals surface area contributed by atoms with E-state index in [-0.39, 0.29) is 0 Å². The van der Waals surface area contributed by atoms with Crippen molar-refractivity contribution in [3.8, 4) is 0 Å². The topological polar surface area (TPSA) is 15.7 Å². The number of methoxy groups -OCH3 is 1. The Kier molecular flexibility index (Phi) is 7.80. The van der Waals surface area contributed by atoms with Crippen LogP contribution in [0.4, 0.5) is 5.69 Å². The summed E-state index contributed by atoms with van der Waals surface area (Å²) in [5, 5.41) is 0. The Labute approximate surface area is 146 Å². The number of hydrogen-bond acceptors (Lipinski definition) is 3. The SMILES string of the molecule is CCN(Cc1ccc(CCN(C)CCOC)cc1)c1ccccc1. The van der Waals surface area contributed by atoms with Gasteiger partial charge in [-0.2, -0.15) is 0 Å². The lowest BCUT2D eigenvalue weighted by atomic mass is 10.1. The predicted octanol–water partition coefficient (Wildman–Crippen LogP) is 3.83. The summed E-state index contributed by atoms with van der Waals surface area (Å²) >= 11 is 0. The number of hydrogen-bond donors (Lipinski definition) is 0. The number of para-hydroxylation sites is 1. The minimum absolute atomic E-state index is 0.793. The summed E-state index contributed by atoms with van der Waals surface area (Å²) in [4.78, 5) is 4.71. The average molecular weight is 326 g/mol. The number of anilines is 1. The highest BCUT2D eigenvalue weighted by Crippen LogP contribution is 2.17. The van der Waals surface area contributed by atoms with Crippen LogP contribution in [-0.4, -0.2) is 45.3 Å². The predicted molar refractivity (Wildman–Crippen MR) is 103 cm³/mol. The van der Waals surface area contributed by atoms with Crippen molar-refractivity contribution in [1.82, 2.24) is 4.90 Å². The van der Waals surface area contributed by atoms with Crippen molar-refractivity contribution >= 4 is 5.69 Å². The molecule has 0 aliphatic carbocycles. The van der Waals surface area contributed by atoms with E-state index in [4.69, 9.17) is 4.74 Å². The van der Waals surface area contributed by atoms with Crippen molar-refractivity contribution in [3.63, 3.8) is 0 Å². The Hall–Kier alpha value is -1.84. The van der Waals surface area contributed by atoms with Crippen LogP contribution in [0, 0.1) is 0 Å². The van der Waals surface area contributed by atoms with E-state index < -0.39 is 0 Å². The molecule has 0 aliphatic heterocycles. The highest BCUT2D eigenvalue weighted by Gasteiger charge is 2.05. The maximum absolute atomic E-state index is 5.12. The lowest BCUT2D eigenvalue weighted by Crippen LogP contribution is -2.25. The maximum atomic E-state index is 5.12. The van der Waals surface area contributed by atoms with Gasteiger partial charge in [-0.05, 0) is 43.7 Å². The van der Waals surface area contributed by atoms with Crippen molar-refractivity contribution in [2.24, 2.45) is 0 Å². The van der Waals surface area contributed by atoms with Crippen LogP contribution in [0.3, 0.4) is 0 Å². The molecule has 0 heterocycles. The molecule has 0 aliphatic rings. The Morgan fingerprint density at radius 1 is 0.875 bits per heavy atom. The molecule has 0 spiro atoms. The van der Waals surface area contributed by atoms with Crippen LogP contribution in [0.25, 0.3) is 0 Å². The van der Waals surface area contributed by atoms with Gasteiger partial charge >= 0.3 is 0 Å². The summed E-state index contributed by atoms with van der Waals surface area (Å²) in [7, 11) is 3.90. The van der Waals surface area contributed by atoms with Gasteiger partial charge in [0.1, 0.15) is 0 Å². The molecule has 0 amide bonds. The molecule has 0 fully saturated rings. The minimum Gasteiger partial charge on any atom is -0.383 e. The van der Waals surface area contributed by atoms with Crippen LogP contribution in [-0.2, 0) is 17.7 Å². The highest BCUT2D eigenvalue weighted by molar-refractivity contribution is 5.46. The smallest absolute Gasteiger partial charge is 0.0589 e. The fourth-order valence-electron chi connectivity index (χ4n) is 2.74. The van der Waals surface area contributed by atoms with E-state index in [0.29, 0.717) is 0 Å². The lowest BCUT2D eigenvalue weighted by Gasteiger charge is -2.23. The zero-order valence-electron chi connectivity index (χ0n) is 15.2. The molecule has 0 atom stereocenters. The van der Waals surface area contributed by atoms with Crippen LogP contribution >= 0.6 is 0 Å².